The number of ether oxygens (including phenoxy) is 1. The Labute approximate surface area is 107 Å². The summed E-state index contributed by atoms with van der Waals surface area (Å²) < 4.78 is 5.70. The summed E-state index contributed by atoms with van der Waals surface area (Å²) in [5.74, 6) is 1.93. The van der Waals surface area contributed by atoms with Gasteiger partial charge in [0.25, 0.3) is 0 Å². The lowest BCUT2D eigenvalue weighted by atomic mass is 9.76. The van der Waals surface area contributed by atoms with Crippen LogP contribution in [0.25, 0.3) is 0 Å². The van der Waals surface area contributed by atoms with Gasteiger partial charge in [0, 0.05) is 6.61 Å². The van der Waals surface area contributed by atoms with Gasteiger partial charge >= 0.3 is 0 Å². The first kappa shape index (κ1) is 13.4. The molecule has 0 aromatic carbocycles. The molecule has 0 aromatic rings. The lowest BCUT2D eigenvalue weighted by Gasteiger charge is -2.31. The van der Waals surface area contributed by atoms with Gasteiger partial charge in [-0.05, 0) is 51.1 Å². The highest BCUT2D eigenvalue weighted by Gasteiger charge is 2.24. The summed E-state index contributed by atoms with van der Waals surface area (Å²) in [6.07, 6.45) is 13.2. The van der Waals surface area contributed by atoms with Crippen LogP contribution < -0.4 is 5.32 Å². The van der Waals surface area contributed by atoms with Crippen molar-refractivity contribution in [3.63, 3.8) is 0 Å². The molecular formula is C15H29NO. The first-order valence-corrected chi connectivity index (χ1v) is 7.66. The van der Waals surface area contributed by atoms with E-state index in [1.807, 2.05) is 0 Å². The third-order valence-electron chi connectivity index (χ3n) is 4.66. The lowest BCUT2D eigenvalue weighted by molar-refractivity contribution is 0.0980. The van der Waals surface area contributed by atoms with Gasteiger partial charge < -0.3 is 10.1 Å². The third kappa shape index (κ3) is 4.26. The molecule has 1 aliphatic carbocycles. The Morgan fingerprint density at radius 1 is 1.00 bits per heavy atom. The van der Waals surface area contributed by atoms with Crippen LogP contribution in [0.5, 0.6) is 0 Å². The van der Waals surface area contributed by atoms with Crippen LogP contribution in [0.15, 0.2) is 0 Å². The van der Waals surface area contributed by atoms with Crippen LogP contribution >= 0.6 is 0 Å². The second-order valence-electron chi connectivity index (χ2n) is 5.93. The first-order valence-electron chi connectivity index (χ1n) is 7.66. The SMILES string of the molecule is CNCC1CCCCC1CCCC1CCCO1. The van der Waals surface area contributed by atoms with E-state index in [1.54, 1.807) is 0 Å². The van der Waals surface area contributed by atoms with Gasteiger partial charge in [0.05, 0.1) is 6.10 Å². The molecule has 0 amide bonds. The summed E-state index contributed by atoms with van der Waals surface area (Å²) in [6.45, 7) is 2.24. The monoisotopic (exact) mass is 239 g/mol. The normalized spacial score (nSPS) is 34.1. The molecule has 0 bridgehead atoms. The van der Waals surface area contributed by atoms with Crippen molar-refractivity contribution in [2.24, 2.45) is 11.8 Å². The maximum absolute atomic E-state index is 5.70. The van der Waals surface area contributed by atoms with Gasteiger partial charge in [-0.15, -0.1) is 0 Å². The molecule has 1 saturated heterocycles. The Balaban J connectivity index is 1.64. The molecule has 2 heteroatoms. The number of hydrogen-bond acceptors (Lipinski definition) is 2. The molecule has 1 aliphatic heterocycles. The summed E-state index contributed by atoms with van der Waals surface area (Å²) in [4.78, 5) is 0. The van der Waals surface area contributed by atoms with Gasteiger partial charge in [-0.3, -0.25) is 0 Å². The van der Waals surface area contributed by atoms with E-state index in [2.05, 4.69) is 12.4 Å². The van der Waals surface area contributed by atoms with Crippen LogP contribution in [0.4, 0.5) is 0 Å². The minimum absolute atomic E-state index is 0.598. The van der Waals surface area contributed by atoms with E-state index in [-0.39, 0.29) is 0 Å². The number of hydrogen-bond donors (Lipinski definition) is 1. The number of nitrogens with one attached hydrogen (secondary N) is 1. The fourth-order valence-electron chi connectivity index (χ4n) is 3.68. The molecular weight excluding hydrogens is 210 g/mol. The highest BCUT2D eigenvalue weighted by molar-refractivity contribution is 4.77. The summed E-state index contributed by atoms with van der Waals surface area (Å²) in [7, 11) is 2.10. The molecule has 3 unspecified atom stereocenters. The van der Waals surface area contributed by atoms with Crippen molar-refractivity contribution in [2.75, 3.05) is 20.2 Å². The maximum atomic E-state index is 5.70. The third-order valence-corrected chi connectivity index (χ3v) is 4.66. The Morgan fingerprint density at radius 2 is 1.82 bits per heavy atom. The van der Waals surface area contributed by atoms with Crippen LogP contribution in [-0.4, -0.2) is 26.3 Å². The van der Waals surface area contributed by atoms with E-state index in [0.29, 0.717) is 6.10 Å². The van der Waals surface area contributed by atoms with Crippen molar-refractivity contribution in [1.29, 1.82) is 0 Å². The fraction of sp³-hybridized carbons (Fsp3) is 1.00. The zero-order valence-electron chi connectivity index (χ0n) is 11.4. The summed E-state index contributed by atoms with van der Waals surface area (Å²) in [5, 5.41) is 3.37. The zero-order chi connectivity index (χ0) is 11.9. The lowest BCUT2D eigenvalue weighted by Crippen LogP contribution is -2.28. The topological polar surface area (TPSA) is 21.3 Å². The number of rotatable bonds is 6. The zero-order valence-corrected chi connectivity index (χ0v) is 11.4. The van der Waals surface area contributed by atoms with Crippen molar-refractivity contribution in [1.82, 2.24) is 5.32 Å². The first-order chi connectivity index (χ1) is 8.40. The molecule has 1 heterocycles. The quantitative estimate of drug-likeness (QED) is 0.767. The fourth-order valence-corrected chi connectivity index (χ4v) is 3.68. The second kappa shape index (κ2) is 7.38. The maximum Gasteiger partial charge on any atom is 0.0576 e. The predicted octanol–water partition coefficient (Wildman–Crippen LogP) is 3.36. The molecule has 0 spiro atoms. The highest BCUT2D eigenvalue weighted by Crippen LogP contribution is 2.33. The van der Waals surface area contributed by atoms with Crippen molar-refractivity contribution >= 4 is 0 Å². The Morgan fingerprint density at radius 3 is 2.53 bits per heavy atom. The van der Waals surface area contributed by atoms with Crippen LogP contribution in [0.2, 0.25) is 0 Å². The Kier molecular flexibility index (Phi) is 5.79. The molecule has 0 radical (unpaired) electrons. The van der Waals surface area contributed by atoms with Crippen molar-refractivity contribution in [3.05, 3.63) is 0 Å². The van der Waals surface area contributed by atoms with E-state index in [0.717, 1.165) is 18.4 Å². The molecule has 2 nitrogen and oxygen atoms in total. The molecule has 2 rings (SSSR count). The van der Waals surface area contributed by atoms with E-state index >= 15 is 0 Å². The molecule has 2 fully saturated rings. The van der Waals surface area contributed by atoms with Crippen LogP contribution in [0.1, 0.15) is 57.8 Å². The van der Waals surface area contributed by atoms with E-state index in [1.165, 1.54) is 64.3 Å². The van der Waals surface area contributed by atoms with Crippen LogP contribution in [0, 0.1) is 11.8 Å². The van der Waals surface area contributed by atoms with Gasteiger partial charge in [0.15, 0.2) is 0 Å². The standard InChI is InChI=1S/C15H29NO/c1-16-12-14-7-3-2-6-13(14)8-4-9-15-10-5-11-17-15/h13-16H,2-12H2,1H3. The highest BCUT2D eigenvalue weighted by atomic mass is 16.5. The summed E-state index contributed by atoms with van der Waals surface area (Å²) >= 11 is 0. The van der Waals surface area contributed by atoms with Crippen LogP contribution in [0.3, 0.4) is 0 Å². The second-order valence-corrected chi connectivity index (χ2v) is 5.93. The predicted molar refractivity (Wildman–Crippen MR) is 72.2 cm³/mol. The molecule has 1 N–H and O–H groups in total. The average molecular weight is 239 g/mol. The molecule has 3 atom stereocenters. The minimum atomic E-state index is 0.598. The molecule has 100 valence electrons. The molecule has 2 aliphatic rings. The Bertz CT molecular complexity index is 199. The summed E-state index contributed by atoms with van der Waals surface area (Å²) in [5.41, 5.74) is 0. The van der Waals surface area contributed by atoms with Gasteiger partial charge in [0.1, 0.15) is 0 Å². The smallest absolute Gasteiger partial charge is 0.0576 e. The van der Waals surface area contributed by atoms with E-state index in [9.17, 15) is 0 Å². The van der Waals surface area contributed by atoms with Crippen molar-refractivity contribution in [2.45, 2.75) is 63.9 Å². The Hall–Kier alpha value is -0.0800. The molecule has 17 heavy (non-hydrogen) atoms. The van der Waals surface area contributed by atoms with Gasteiger partial charge in [-0.25, -0.2) is 0 Å². The summed E-state index contributed by atoms with van der Waals surface area (Å²) in [6, 6.07) is 0. The van der Waals surface area contributed by atoms with E-state index < -0.39 is 0 Å². The largest absolute Gasteiger partial charge is 0.378 e. The van der Waals surface area contributed by atoms with Gasteiger partial charge in [0.2, 0.25) is 0 Å². The average Bonchev–Trinajstić information content (AvgIpc) is 2.85. The van der Waals surface area contributed by atoms with Crippen molar-refractivity contribution in [3.8, 4) is 0 Å². The van der Waals surface area contributed by atoms with E-state index in [4.69, 9.17) is 4.74 Å². The minimum Gasteiger partial charge on any atom is -0.378 e. The van der Waals surface area contributed by atoms with Crippen molar-refractivity contribution < 1.29 is 4.74 Å². The van der Waals surface area contributed by atoms with Gasteiger partial charge in [-0.1, -0.05) is 32.1 Å². The molecule has 0 aromatic heterocycles. The molecule has 1 saturated carbocycles. The van der Waals surface area contributed by atoms with Crippen LogP contribution in [-0.2, 0) is 4.74 Å². The van der Waals surface area contributed by atoms with Gasteiger partial charge in [-0.2, -0.15) is 0 Å².